The minimum Gasteiger partial charge on any atom is -0.497 e. The highest BCUT2D eigenvalue weighted by Gasteiger charge is 2.12. The molecule has 0 radical (unpaired) electrons. The molecule has 0 aliphatic carbocycles. The van der Waals surface area contributed by atoms with Crippen LogP contribution >= 0.6 is 11.8 Å². The summed E-state index contributed by atoms with van der Waals surface area (Å²) in [4.78, 5) is 0. The predicted molar refractivity (Wildman–Crippen MR) is 87.7 cm³/mol. The Labute approximate surface area is 124 Å². The van der Waals surface area contributed by atoms with Crippen molar-refractivity contribution in [3.05, 3.63) is 42.0 Å². The van der Waals surface area contributed by atoms with Gasteiger partial charge in [-0.3, -0.25) is 0 Å². The lowest BCUT2D eigenvalue weighted by atomic mass is 10.1. The number of ether oxygens (including phenoxy) is 1. The van der Waals surface area contributed by atoms with Gasteiger partial charge in [0, 0.05) is 12.6 Å². The largest absolute Gasteiger partial charge is 0.497 e. The first-order valence-electron chi connectivity index (χ1n) is 7.23. The van der Waals surface area contributed by atoms with Gasteiger partial charge in [0.1, 0.15) is 5.75 Å². The van der Waals surface area contributed by atoms with E-state index < -0.39 is 0 Å². The number of hydrogen-bond acceptors (Lipinski definition) is 3. The summed E-state index contributed by atoms with van der Waals surface area (Å²) in [5, 5.41) is 6.21. The number of nitrogens with one attached hydrogen (secondary N) is 1. The Hall–Kier alpha value is -1.19. The third-order valence-electron chi connectivity index (χ3n) is 3.93. The van der Waals surface area contributed by atoms with Crippen molar-refractivity contribution in [2.24, 2.45) is 0 Å². The summed E-state index contributed by atoms with van der Waals surface area (Å²) in [6.07, 6.45) is 2.60. The molecule has 1 aliphatic rings. The van der Waals surface area contributed by atoms with Crippen LogP contribution in [-0.4, -0.2) is 24.7 Å². The minimum absolute atomic E-state index is 0.697. The van der Waals surface area contributed by atoms with Crippen molar-refractivity contribution in [1.29, 1.82) is 0 Å². The average Bonchev–Trinajstić information content (AvgIpc) is 2.53. The van der Waals surface area contributed by atoms with E-state index in [1.807, 2.05) is 6.07 Å². The molecule has 2 aromatic carbocycles. The van der Waals surface area contributed by atoms with E-state index >= 15 is 0 Å². The highest BCUT2D eigenvalue weighted by Crippen LogP contribution is 2.22. The van der Waals surface area contributed by atoms with E-state index in [4.69, 9.17) is 4.74 Å². The number of methoxy groups -OCH3 is 1. The summed E-state index contributed by atoms with van der Waals surface area (Å²) in [5.41, 5.74) is 1.36. The molecule has 1 aliphatic heterocycles. The van der Waals surface area contributed by atoms with Gasteiger partial charge >= 0.3 is 0 Å². The second kappa shape index (κ2) is 6.51. The Morgan fingerprint density at radius 2 is 1.85 bits per heavy atom. The molecule has 3 heteroatoms. The zero-order valence-electron chi connectivity index (χ0n) is 11.9. The highest BCUT2D eigenvalue weighted by molar-refractivity contribution is 7.99. The van der Waals surface area contributed by atoms with Gasteiger partial charge in [0.2, 0.25) is 0 Å². The maximum atomic E-state index is 5.27. The molecule has 106 valence electrons. The van der Waals surface area contributed by atoms with Crippen LogP contribution in [0.5, 0.6) is 5.75 Å². The molecule has 1 heterocycles. The summed E-state index contributed by atoms with van der Waals surface area (Å²) in [7, 11) is 1.71. The van der Waals surface area contributed by atoms with E-state index in [2.05, 4.69) is 47.4 Å². The zero-order valence-corrected chi connectivity index (χ0v) is 12.7. The van der Waals surface area contributed by atoms with Crippen molar-refractivity contribution >= 4 is 22.5 Å². The van der Waals surface area contributed by atoms with Crippen LogP contribution in [0, 0.1) is 0 Å². The highest BCUT2D eigenvalue weighted by atomic mass is 32.2. The van der Waals surface area contributed by atoms with Crippen LogP contribution in [0.3, 0.4) is 0 Å². The summed E-state index contributed by atoms with van der Waals surface area (Å²) in [6, 6.07) is 13.6. The fraction of sp³-hybridized carbons (Fsp3) is 0.412. The van der Waals surface area contributed by atoms with Gasteiger partial charge < -0.3 is 10.1 Å². The van der Waals surface area contributed by atoms with Crippen molar-refractivity contribution in [1.82, 2.24) is 5.32 Å². The third kappa shape index (κ3) is 3.28. The molecule has 1 saturated heterocycles. The van der Waals surface area contributed by atoms with Gasteiger partial charge in [-0.1, -0.05) is 18.2 Å². The van der Waals surface area contributed by atoms with Crippen LogP contribution < -0.4 is 10.1 Å². The monoisotopic (exact) mass is 287 g/mol. The normalized spacial score (nSPS) is 16.4. The first-order chi connectivity index (χ1) is 9.85. The van der Waals surface area contributed by atoms with Gasteiger partial charge in [-0.15, -0.1) is 0 Å². The van der Waals surface area contributed by atoms with Crippen LogP contribution in [0.1, 0.15) is 18.4 Å². The first kappa shape index (κ1) is 13.8. The number of benzene rings is 2. The molecule has 2 aromatic rings. The van der Waals surface area contributed by atoms with Gasteiger partial charge in [-0.05, 0) is 58.9 Å². The topological polar surface area (TPSA) is 21.3 Å². The smallest absolute Gasteiger partial charge is 0.119 e. The Morgan fingerprint density at radius 3 is 2.65 bits per heavy atom. The lowest BCUT2D eigenvalue weighted by Gasteiger charge is -2.22. The van der Waals surface area contributed by atoms with E-state index in [-0.39, 0.29) is 0 Å². The molecule has 3 rings (SSSR count). The van der Waals surface area contributed by atoms with Crippen LogP contribution in [-0.2, 0) is 6.54 Å². The minimum atomic E-state index is 0.697. The standard InChI is InChI=1S/C17H21NOS/c1-19-17-5-4-14-10-13(2-3-15(14)11-17)12-18-16-6-8-20-9-7-16/h2-5,10-11,16,18H,6-9,12H2,1H3. The van der Waals surface area contributed by atoms with E-state index in [1.165, 1.54) is 40.7 Å². The molecular weight excluding hydrogens is 266 g/mol. The molecule has 20 heavy (non-hydrogen) atoms. The van der Waals surface area contributed by atoms with E-state index in [0.29, 0.717) is 6.04 Å². The molecule has 0 bridgehead atoms. The molecule has 0 spiro atoms. The second-order valence-electron chi connectivity index (χ2n) is 5.31. The fourth-order valence-corrected chi connectivity index (χ4v) is 3.78. The first-order valence-corrected chi connectivity index (χ1v) is 8.38. The van der Waals surface area contributed by atoms with Crippen molar-refractivity contribution in [2.75, 3.05) is 18.6 Å². The Balaban J connectivity index is 1.69. The van der Waals surface area contributed by atoms with Crippen LogP contribution in [0.2, 0.25) is 0 Å². The molecule has 0 unspecified atom stereocenters. The van der Waals surface area contributed by atoms with Gasteiger partial charge in [0.25, 0.3) is 0 Å². The molecule has 1 N–H and O–H groups in total. The van der Waals surface area contributed by atoms with Crippen molar-refractivity contribution in [3.63, 3.8) is 0 Å². The molecule has 1 fully saturated rings. The SMILES string of the molecule is COc1ccc2cc(CNC3CCSCC3)ccc2c1. The summed E-state index contributed by atoms with van der Waals surface area (Å²) >= 11 is 2.07. The molecule has 2 nitrogen and oxygen atoms in total. The molecular formula is C17H21NOS. The van der Waals surface area contributed by atoms with E-state index in [1.54, 1.807) is 7.11 Å². The Morgan fingerprint density at radius 1 is 1.10 bits per heavy atom. The van der Waals surface area contributed by atoms with Crippen LogP contribution in [0.25, 0.3) is 10.8 Å². The van der Waals surface area contributed by atoms with Gasteiger partial charge in [0.15, 0.2) is 0 Å². The lowest BCUT2D eigenvalue weighted by Crippen LogP contribution is -2.31. The summed E-state index contributed by atoms with van der Waals surface area (Å²) < 4.78 is 5.27. The lowest BCUT2D eigenvalue weighted by molar-refractivity contribution is 0.415. The molecule has 0 aromatic heterocycles. The zero-order chi connectivity index (χ0) is 13.8. The number of fused-ring (bicyclic) bond motifs is 1. The molecule has 0 amide bonds. The van der Waals surface area contributed by atoms with Crippen LogP contribution in [0.4, 0.5) is 0 Å². The predicted octanol–water partition coefficient (Wildman–Crippen LogP) is 3.83. The van der Waals surface area contributed by atoms with Crippen molar-refractivity contribution in [3.8, 4) is 5.75 Å². The Bertz CT molecular complexity index is 578. The number of hydrogen-bond donors (Lipinski definition) is 1. The van der Waals surface area contributed by atoms with Crippen molar-refractivity contribution in [2.45, 2.75) is 25.4 Å². The maximum Gasteiger partial charge on any atom is 0.119 e. The molecule has 0 atom stereocenters. The third-order valence-corrected chi connectivity index (χ3v) is 4.98. The number of thioether (sulfide) groups is 1. The van der Waals surface area contributed by atoms with Crippen molar-refractivity contribution < 1.29 is 4.74 Å². The summed E-state index contributed by atoms with van der Waals surface area (Å²) in [5.74, 6) is 3.52. The molecule has 0 saturated carbocycles. The van der Waals surface area contributed by atoms with Crippen LogP contribution in [0.15, 0.2) is 36.4 Å². The number of rotatable bonds is 4. The van der Waals surface area contributed by atoms with E-state index in [0.717, 1.165) is 12.3 Å². The Kier molecular flexibility index (Phi) is 4.48. The maximum absolute atomic E-state index is 5.27. The quantitative estimate of drug-likeness (QED) is 0.923. The van der Waals surface area contributed by atoms with Gasteiger partial charge in [0.05, 0.1) is 7.11 Å². The fourth-order valence-electron chi connectivity index (χ4n) is 2.67. The van der Waals surface area contributed by atoms with Gasteiger partial charge in [-0.25, -0.2) is 0 Å². The average molecular weight is 287 g/mol. The van der Waals surface area contributed by atoms with E-state index in [9.17, 15) is 0 Å². The van der Waals surface area contributed by atoms with Gasteiger partial charge in [-0.2, -0.15) is 11.8 Å². The second-order valence-corrected chi connectivity index (χ2v) is 6.54. The summed E-state index contributed by atoms with van der Waals surface area (Å²) in [6.45, 7) is 0.970.